The Labute approximate surface area is 124 Å². The summed E-state index contributed by atoms with van der Waals surface area (Å²) in [5, 5.41) is 0. The summed E-state index contributed by atoms with van der Waals surface area (Å²) in [6, 6.07) is 3.90. The molecule has 0 aromatic heterocycles. The fourth-order valence-electron chi connectivity index (χ4n) is 1.65. The van der Waals surface area contributed by atoms with Gasteiger partial charge >= 0.3 is 0 Å². The molecule has 5 heteroatoms. The summed E-state index contributed by atoms with van der Waals surface area (Å²) in [5.74, 6) is 2.15. The number of rotatable bonds is 5. The predicted octanol–water partition coefficient (Wildman–Crippen LogP) is 4.45. The summed E-state index contributed by atoms with van der Waals surface area (Å²) in [6.45, 7) is 2.09. The summed E-state index contributed by atoms with van der Waals surface area (Å²) in [6.07, 6.45) is 2.04. The van der Waals surface area contributed by atoms with Crippen LogP contribution in [0.2, 0.25) is 0 Å². The van der Waals surface area contributed by atoms with E-state index in [1.807, 2.05) is 18.2 Å². The topological polar surface area (TPSA) is 27.7 Å². The molecule has 1 aromatic carbocycles. The van der Waals surface area contributed by atoms with Crippen molar-refractivity contribution in [2.75, 3.05) is 21.3 Å². The summed E-state index contributed by atoms with van der Waals surface area (Å²) < 4.78 is 16.9. The van der Waals surface area contributed by atoms with Gasteiger partial charge in [-0.05, 0) is 49.6 Å². The zero-order valence-corrected chi connectivity index (χ0v) is 14.0. The number of ether oxygens (including phenoxy) is 3. The van der Waals surface area contributed by atoms with Gasteiger partial charge in [-0.15, -0.1) is 0 Å². The molecule has 3 nitrogen and oxygen atoms in total. The first-order chi connectivity index (χ1) is 8.53. The van der Waals surface area contributed by atoms with Gasteiger partial charge in [-0.3, -0.25) is 0 Å². The number of hydrogen-bond acceptors (Lipinski definition) is 3. The molecular formula is C13H16Br2O3. The third-order valence-electron chi connectivity index (χ3n) is 2.59. The second kappa shape index (κ2) is 7.04. The molecule has 0 radical (unpaired) electrons. The third-order valence-corrected chi connectivity index (χ3v) is 3.12. The van der Waals surface area contributed by atoms with E-state index in [2.05, 4.69) is 38.8 Å². The Morgan fingerprint density at radius 3 is 1.89 bits per heavy atom. The minimum Gasteiger partial charge on any atom is -0.493 e. The molecule has 0 aliphatic heterocycles. The summed E-state index contributed by atoms with van der Waals surface area (Å²) >= 11 is 6.72. The van der Waals surface area contributed by atoms with Crippen molar-refractivity contribution in [3.05, 3.63) is 27.2 Å². The molecule has 0 heterocycles. The van der Waals surface area contributed by atoms with E-state index in [4.69, 9.17) is 14.2 Å². The lowest BCUT2D eigenvalue weighted by atomic mass is 10.0. The van der Waals surface area contributed by atoms with Gasteiger partial charge in [-0.1, -0.05) is 13.0 Å². The van der Waals surface area contributed by atoms with Crippen molar-refractivity contribution in [2.45, 2.75) is 12.8 Å². The average molecular weight is 380 g/mol. The predicted molar refractivity (Wildman–Crippen MR) is 80.5 cm³/mol. The fourth-order valence-corrected chi connectivity index (χ4v) is 2.44. The molecule has 1 rings (SSSR count). The van der Waals surface area contributed by atoms with Gasteiger partial charge in [0.25, 0.3) is 0 Å². The summed E-state index contributed by atoms with van der Waals surface area (Å²) in [5.41, 5.74) is 1.08. The van der Waals surface area contributed by atoms with Crippen LogP contribution in [0.5, 0.6) is 17.2 Å². The molecule has 0 N–H and O–H groups in total. The van der Waals surface area contributed by atoms with Gasteiger partial charge in [-0.25, -0.2) is 0 Å². The lowest BCUT2D eigenvalue weighted by Crippen LogP contribution is -1.98. The normalized spacial score (nSPS) is 11.7. The zero-order chi connectivity index (χ0) is 13.7. The Morgan fingerprint density at radius 1 is 1.06 bits per heavy atom. The summed E-state index contributed by atoms with van der Waals surface area (Å²) in [7, 11) is 4.82. The lowest BCUT2D eigenvalue weighted by Gasteiger charge is -2.16. The molecule has 0 aliphatic carbocycles. The first-order valence-electron chi connectivity index (χ1n) is 5.36. The molecule has 0 aliphatic rings. The molecule has 0 saturated carbocycles. The monoisotopic (exact) mass is 378 g/mol. The molecule has 0 saturated heterocycles. The van der Waals surface area contributed by atoms with Crippen molar-refractivity contribution in [2.24, 2.45) is 0 Å². The van der Waals surface area contributed by atoms with Crippen LogP contribution in [0.25, 0.3) is 0 Å². The maximum Gasteiger partial charge on any atom is 0.203 e. The van der Waals surface area contributed by atoms with Crippen molar-refractivity contribution in [1.82, 2.24) is 0 Å². The van der Waals surface area contributed by atoms with Gasteiger partial charge in [0.2, 0.25) is 5.75 Å². The van der Waals surface area contributed by atoms with E-state index in [1.54, 1.807) is 21.3 Å². The smallest absolute Gasteiger partial charge is 0.203 e. The summed E-state index contributed by atoms with van der Waals surface area (Å²) in [4.78, 5) is 0. The molecule has 0 fully saturated rings. The standard InChI is InChI=1S/C13H16Br2O3/c1-8(5-12(14)15)9-6-10(16-2)13(18-4)11(7-9)17-3/h5-8H,1-4H3/t8-/m1/s1. The number of methoxy groups -OCH3 is 3. The van der Waals surface area contributed by atoms with Gasteiger partial charge < -0.3 is 14.2 Å². The SMILES string of the molecule is COc1cc([C@H](C)C=C(Br)Br)cc(OC)c1OC. The van der Waals surface area contributed by atoms with E-state index in [9.17, 15) is 0 Å². The molecule has 0 unspecified atom stereocenters. The van der Waals surface area contributed by atoms with Gasteiger partial charge in [0, 0.05) is 5.92 Å². The molecule has 18 heavy (non-hydrogen) atoms. The van der Waals surface area contributed by atoms with Crippen molar-refractivity contribution in [3.8, 4) is 17.2 Å². The van der Waals surface area contributed by atoms with Crippen LogP contribution in [0.3, 0.4) is 0 Å². The zero-order valence-electron chi connectivity index (χ0n) is 10.8. The van der Waals surface area contributed by atoms with Crippen LogP contribution >= 0.6 is 31.9 Å². The lowest BCUT2D eigenvalue weighted by molar-refractivity contribution is 0.323. The average Bonchev–Trinajstić information content (AvgIpc) is 2.35. The van der Waals surface area contributed by atoms with Crippen LogP contribution in [0, 0.1) is 0 Å². The van der Waals surface area contributed by atoms with Crippen LogP contribution in [0.4, 0.5) is 0 Å². The maximum atomic E-state index is 5.33. The quantitative estimate of drug-likeness (QED) is 0.756. The van der Waals surface area contributed by atoms with Crippen molar-refractivity contribution < 1.29 is 14.2 Å². The Balaban J connectivity index is 3.27. The van der Waals surface area contributed by atoms with Crippen LogP contribution in [-0.4, -0.2) is 21.3 Å². The van der Waals surface area contributed by atoms with E-state index in [0.29, 0.717) is 17.2 Å². The number of allylic oxidation sites excluding steroid dienone is 1. The van der Waals surface area contributed by atoms with E-state index in [0.717, 1.165) is 8.96 Å². The molecule has 1 aromatic rings. The third kappa shape index (κ3) is 3.65. The highest BCUT2D eigenvalue weighted by atomic mass is 79.9. The first kappa shape index (κ1) is 15.4. The first-order valence-corrected chi connectivity index (χ1v) is 6.94. The second-order valence-corrected chi connectivity index (χ2v) is 6.48. The van der Waals surface area contributed by atoms with Crippen LogP contribution < -0.4 is 14.2 Å². The number of hydrogen-bond donors (Lipinski definition) is 0. The Hall–Kier alpha value is -0.680. The molecule has 100 valence electrons. The van der Waals surface area contributed by atoms with Gasteiger partial charge in [0.15, 0.2) is 11.5 Å². The highest BCUT2D eigenvalue weighted by Gasteiger charge is 2.15. The maximum absolute atomic E-state index is 5.33. The van der Waals surface area contributed by atoms with Crippen molar-refractivity contribution in [1.29, 1.82) is 0 Å². The van der Waals surface area contributed by atoms with Gasteiger partial charge in [0.1, 0.15) is 0 Å². The van der Waals surface area contributed by atoms with Crippen LogP contribution in [0.1, 0.15) is 18.4 Å². The molecule has 1 atom stereocenters. The van der Waals surface area contributed by atoms with Crippen molar-refractivity contribution in [3.63, 3.8) is 0 Å². The minimum atomic E-state index is 0.215. The molecule has 0 amide bonds. The van der Waals surface area contributed by atoms with Gasteiger partial charge in [-0.2, -0.15) is 0 Å². The van der Waals surface area contributed by atoms with Crippen molar-refractivity contribution >= 4 is 31.9 Å². The van der Waals surface area contributed by atoms with E-state index >= 15 is 0 Å². The highest BCUT2D eigenvalue weighted by Crippen LogP contribution is 2.40. The van der Waals surface area contributed by atoms with Crippen LogP contribution in [0.15, 0.2) is 21.6 Å². The van der Waals surface area contributed by atoms with Gasteiger partial charge in [0.05, 0.1) is 24.7 Å². The largest absolute Gasteiger partial charge is 0.493 e. The molecular weight excluding hydrogens is 364 g/mol. The molecule has 0 bridgehead atoms. The molecule has 0 spiro atoms. The van der Waals surface area contributed by atoms with E-state index in [-0.39, 0.29) is 5.92 Å². The fraction of sp³-hybridized carbons (Fsp3) is 0.385. The second-order valence-electron chi connectivity index (χ2n) is 3.70. The Bertz CT molecular complexity index is 415. The number of benzene rings is 1. The Kier molecular flexibility index (Phi) is 6.02. The van der Waals surface area contributed by atoms with E-state index in [1.165, 1.54) is 0 Å². The minimum absolute atomic E-state index is 0.215. The van der Waals surface area contributed by atoms with Crippen LogP contribution in [-0.2, 0) is 0 Å². The Morgan fingerprint density at radius 2 is 1.56 bits per heavy atom. The highest BCUT2D eigenvalue weighted by molar-refractivity contribution is 9.28. The number of halogens is 2. The van der Waals surface area contributed by atoms with E-state index < -0.39 is 0 Å².